The number of nitrogens with one attached hydrogen (secondary N) is 1. The molecule has 0 bridgehead atoms. The van der Waals surface area contributed by atoms with E-state index < -0.39 is 17.6 Å². The zero-order chi connectivity index (χ0) is 23.6. The Morgan fingerprint density at radius 1 is 1.12 bits per heavy atom. The monoisotopic (exact) mass is 454 g/mol. The summed E-state index contributed by atoms with van der Waals surface area (Å²) in [6, 6.07) is 7.93. The maximum atomic E-state index is 13.5. The molecule has 33 heavy (non-hydrogen) atoms. The van der Waals surface area contributed by atoms with Gasteiger partial charge in [-0.05, 0) is 51.2 Å². The van der Waals surface area contributed by atoms with Crippen molar-refractivity contribution in [3.63, 3.8) is 0 Å². The number of imide groups is 1. The molecule has 3 fully saturated rings. The van der Waals surface area contributed by atoms with Gasteiger partial charge in [0, 0.05) is 31.2 Å². The van der Waals surface area contributed by atoms with Gasteiger partial charge in [-0.15, -0.1) is 0 Å². The molecule has 2 saturated heterocycles. The van der Waals surface area contributed by atoms with Gasteiger partial charge in [-0.3, -0.25) is 14.4 Å². The van der Waals surface area contributed by atoms with Crippen LogP contribution in [0.25, 0.3) is 0 Å². The average Bonchev–Trinajstić information content (AvgIpc) is 3.41. The van der Waals surface area contributed by atoms with Crippen molar-refractivity contribution in [2.24, 2.45) is 0 Å². The first kappa shape index (κ1) is 23.3. The lowest BCUT2D eigenvalue weighted by Gasteiger charge is -2.40. The summed E-state index contributed by atoms with van der Waals surface area (Å²) in [7, 11) is 0. The number of urea groups is 1. The van der Waals surface area contributed by atoms with Crippen LogP contribution in [0.1, 0.15) is 69.2 Å². The van der Waals surface area contributed by atoms with Crippen LogP contribution in [-0.2, 0) is 9.59 Å². The Morgan fingerprint density at radius 2 is 1.76 bits per heavy atom. The van der Waals surface area contributed by atoms with Crippen LogP contribution in [-0.4, -0.2) is 75.7 Å². The molecule has 2 heterocycles. The van der Waals surface area contributed by atoms with Gasteiger partial charge >= 0.3 is 6.03 Å². The summed E-state index contributed by atoms with van der Waals surface area (Å²) in [5, 5.41) is 2.87. The largest absolute Gasteiger partial charge is 0.338 e. The molecule has 1 aromatic rings. The molecule has 1 aromatic carbocycles. The molecule has 1 spiro atoms. The lowest BCUT2D eigenvalue weighted by atomic mass is 9.97. The van der Waals surface area contributed by atoms with E-state index in [9.17, 15) is 19.2 Å². The summed E-state index contributed by atoms with van der Waals surface area (Å²) in [5.74, 6) is -0.439. The van der Waals surface area contributed by atoms with Crippen molar-refractivity contribution in [3.05, 3.63) is 35.9 Å². The summed E-state index contributed by atoms with van der Waals surface area (Å²) < 4.78 is 0. The number of carbonyl (C=O) groups excluding carboxylic acids is 4. The fraction of sp³-hybridized carbons (Fsp3) is 0.600. The molecule has 8 nitrogen and oxygen atoms in total. The lowest BCUT2D eigenvalue weighted by Crippen LogP contribution is -2.55. The molecule has 1 unspecified atom stereocenters. The van der Waals surface area contributed by atoms with Crippen molar-refractivity contribution in [1.29, 1.82) is 0 Å². The number of benzene rings is 1. The maximum Gasteiger partial charge on any atom is 0.325 e. The standard InChI is InChI=1S/C25H34N4O4/c1-3-15-28(20-11-16-27(17-12-20)22(31)19-9-5-4-6-10-19)21(30)18(2)29-23(32)25(26-24(29)33)13-7-8-14-25/h4-6,9-10,18,20H,3,7-8,11-17H2,1-2H3,(H,26,33). The minimum Gasteiger partial charge on any atom is -0.338 e. The Kier molecular flexibility index (Phi) is 6.72. The molecule has 1 N–H and O–H groups in total. The number of carbonyl (C=O) groups is 4. The highest BCUT2D eigenvalue weighted by Gasteiger charge is 2.55. The van der Waals surface area contributed by atoms with Crippen molar-refractivity contribution >= 4 is 23.8 Å². The normalized spacial score (nSPS) is 21.4. The topological polar surface area (TPSA) is 90.0 Å². The number of likely N-dealkylation sites (tertiary alicyclic amines) is 1. The summed E-state index contributed by atoms with van der Waals surface area (Å²) >= 11 is 0. The van der Waals surface area contributed by atoms with Crippen LogP contribution >= 0.6 is 0 Å². The Hall–Kier alpha value is -2.90. The number of piperidine rings is 1. The first-order valence-electron chi connectivity index (χ1n) is 12.2. The fourth-order valence-corrected chi connectivity index (χ4v) is 5.52. The van der Waals surface area contributed by atoms with Gasteiger partial charge in [-0.2, -0.15) is 0 Å². The Labute approximate surface area is 195 Å². The molecule has 3 aliphatic rings. The smallest absolute Gasteiger partial charge is 0.325 e. The number of nitrogens with zero attached hydrogens (tertiary/aromatic N) is 3. The third-order valence-corrected chi connectivity index (χ3v) is 7.36. The van der Waals surface area contributed by atoms with E-state index in [-0.39, 0.29) is 23.8 Å². The highest BCUT2D eigenvalue weighted by Crippen LogP contribution is 2.36. The summed E-state index contributed by atoms with van der Waals surface area (Å²) in [5.41, 5.74) is -0.143. The van der Waals surface area contributed by atoms with Gasteiger partial charge in [0.05, 0.1) is 0 Å². The maximum absolute atomic E-state index is 13.5. The zero-order valence-corrected chi connectivity index (χ0v) is 19.6. The summed E-state index contributed by atoms with van der Waals surface area (Å²) in [6.07, 6.45) is 5.24. The first-order valence-corrected chi connectivity index (χ1v) is 12.2. The number of rotatable bonds is 6. The van der Waals surface area contributed by atoms with E-state index in [0.29, 0.717) is 50.9 Å². The molecule has 178 valence electrons. The second-order valence-electron chi connectivity index (χ2n) is 9.49. The third-order valence-electron chi connectivity index (χ3n) is 7.36. The molecule has 0 radical (unpaired) electrons. The predicted molar refractivity (Wildman–Crippen MR) is 123 cm³/mol. The number of hydrogen-bond donors (Lipinski definition) is 1. The van der Waals surface area contributed by atoms with E-state index in [1.807, 2.05) is 47.1 Å². The molecule has 2 aliphatic heterocycles. The molecule has 0 aromatic heterocycles. The van der Waals surface area contributed by atoms with Gasteiger partial charge in [0.25, 0.3) is 11.8 Å². The summed E-state index contributed by atoms with van der Waals surface area (Å²) in [6.45, 7) is 5.39. The minimum absolute atomic E-state index is 0.0111. The van der Waals surface area contributed by atoms with Crippen LogP contribution in [0.15, 0.2) is 30.3 Å². The van der Waals surface area contributed by atoms with E-state index in [2.05, 4.69) is 5.32 Å². The Morgan fingerprint density at radius 3 is 2.36 bits per heavy atom. The molecular formula is C25H34N4O4. The van der Waals surface area contributed by atoms with Crippen LogP contribution in [0.2, 0.25) is 0 Å². The number of amides is 5. The van der Waals surface area contributed by atoms with Gasteiger partial charge in [-0.25, -0.2) is 9.69 Å². The van der Waals surface area contributed by atoms with E-state index in [4.69, 9.17) is 0 Å². The molecule has 1 aliphatic carbocycles. The molecule has 4 rings (SSSR count). The lowest BCUT2D eigenvalue weighted by molar-refractivity contribution is -0.145. The van der Waals surface area contributed by atoms with Crippen molar-refractivity contribution in [2.45, 2.75) is 76.4 Å². The number of hydrogen-bond acceptors (Lipinski definition) is 4. The highest BCUT2D eigenvalue weighted by molar-refractivity contribution is 6.10. The molecular weight excluding hydrogens is 420 g/mol. The SMILES string of the molecule is CCCN(C(=O)C(C)N1C(=O)NC2(CCCC2)C1=O)C1CCN(C(=O)c2ccccc2)CC1. The van der Waals surface area contributed by atoms with Gasteiger partial charge < -0.3 is 15.1 Å². The molecule has 1 atom stereocenters. The second-order valence-corrected chi connectivity index (χ2v) is 9.49. The molecule has 8 heteroatoms. The van der Waals surface area contributed by atoms with Crippen LogP contribution in [0, 0.1) is 0 Å². The van der Waals surface area contributed by atoms with Gasteiger partial charge in [0.15, 0.2) is 0 Å². The van der Waals surface area contributed by atoms with Crippen molar-refractivity contribution in [3.8, 4) is 0 Å². The van der Waals surface area contributed by atoms with E-state index >= 15 is 0 Å². The first-order chi connectivity index (χ1) is 15.9. The van der Waals surface area contributed by atoms with Crippen molar-refractivity contribution in [2.75, 3.05) is 19.6 Å². The highest BCUT2D eigenvalue weighted by atomic mass is 16.2. The Balaban J connectivity index is 1.42. The predicted octanol–water partition coefficient (Wildman–Crippen LogP) is 2.78. The van der Waals surface area contributed by atoms with E-state index in [1.54, 1.807) is 6.92 Å². The fourth-order valence-electron chi connectivity index (χ4n) is 5.52. The van der Waals surface area contributed by atoms with E-state index in [0.717, 1.165) is 24.2 Å². The third kappa shape index (κ3) is 4.35. The zero-order valence-electron chi connectivity index (χ0n) is 19.6. The second kappa shape index (κ2) is 9.53. The summed E-state index contributed by atoms with van der Waals surface area (Å²) in [4.78, 5) is 56.9. The van der Waals surface area contributed by atoms with Crippen LogP contribution < -0.4 is 5.32 Å². The Bertz CT molecular complexity index is 904. The van der Waals surface area contributed by atoms with Crippen molar-refractivity contribution < 1.29 is 19.2 Å². The van der Waals surface area contributed by atoms with Crippen LogP contribution in [0.3, 0.4) is 0 Å². The molecule has 5 amide bonds. The quantitative estimate of drug-likeness (QED) is 0.670. The van der Waals surface area contributed by atoms with Gasteiger partial charge in [0.1, 0.15) is 11.6 Å². The average molecular weight is 455 g/mol. The van der Waals surface area contributed by atoms with Gasteiger partial charge in [0.2, 0.25) is 5.91 Å². The van der Waals surface area contributed by atoms with Gasteiger partial charge in [-0.1, -0.05) is 38.0 Å². The van der Waals surface area contributed by atoms with Crippen LogP contribution in [0.4, 0.5) is 4.79 Å². The van der Waals surface area contributed by atoms with Crippen LogP contribution in [0.5, 0.6) is 0 Å². The molecule has 1 saturated carbocycles. The minimum atomic E-state index is -0.840. The van der Waals surface area contributed by atoms with E-state index in [1.165, 1.54) is 0 Å². The van der Waals surface area contributed by atoms with Crippen molar-refractivity contribution in [1.82, 2.24) is 20.0 Å².